The molecule has 34 heavy (non-hydrogen) atoms. The van der Waals surface area contributed by atoms with Gasteiger partial charge < -0.3 is 14.9 Å². The molecule has 7 heteroatoms. The van der Waals surface area contributed by atoms with Crippen LogP contribution >= 0.6 is 0 Å². The lowest BCUT2D eigenvalue weighted by molar-refractivity contribution is 0.416. The van der Waals surface area contributed by atoms with Crippen LogP contribution in [-0.2, 0) is 10.0 Å². The molecule has 0 aliphatic rings. The van der Waals surface area contributed by atoms with Gasteiger partial charge in [-0.2, -0.15) is 0 Å². The molecule has 0 atom stereocenters. The minimum atomic E-state index is -3.94. The number of benzene rings is 5. The Balaban J connectivity index is 1.89. The van der Waals surface area contributed by atoms with Crippen LogP contribution in [0, 0.1) is 0 Å². The van der Waals surface area contributed by atoms with Crippen LogP contribution in [0.5, 0.6) is 17.2 Å². The summed E-state index contributed by atoms with van der Waals surface area (Å²) in [7, 11) is -2.43. The first kappa shape index (κ1) is 21.8. The Kier molecular flexibility index (Phi) is 5.16. The third kappa shape index (κ3) is 3.61. The van der Waals surface area contributed by atoms with E-state index in [4.69, 9.17) is 9.88 Å². The molecule has 5 aromatic rings. The molecular weight excluding hydrogens is 450 g/mol. The number of ether oxygens (including phenoxy) is 1. The second-order valence-corrected chi connectivity index (χ2v) is 9.55. The van der Waals surface area contributed by atoms with Crippen molar-refractivity contribution in [3.63, 3.8) is 0 Å². The summed E-state index contributed by atoms with van der Waals surface area (Å²) < 4.78 is 29.7. The van der Waals surface area contributed by atoms with E-state index >= 15 is 0 Å². The molecule has 0 aliphatic carbocycles. The summed E-state index contributed by atoms with van der Waals surface area (Å²) in [4.78, 5) is -0.0392. The van der Waals surface area contributed by atoms with Gasteiger partial charge in [0, 0.05) is 16.5 Å². The van der Waals surface area contributed by atoms with Crippen LogP contribution in [0.15, 0.2) is 89.8 Å². The number of aromatic hydroxyl groups is 2. The van der Waals surface area contributed by atoms with Crippen molar-refractivity contribution in [2.45, 2.75) is 4.90 Å². The molecule has 0 bridgehead atoms. The number of rotatable bonds is 4. The monoisotopic (exact) mass is 471 g/mol. The third-order valence-electron chi connectivity index (χ3n) is 5.96. The number of primary sulfonamides is 1. The van der Waals surface area contributed by atoms with Gasteiger partial charge in [-0.3, -0.25) is 0 Å². The fourth-order valence-corrected chi connectivity index (χ4v) is 4.91. The number of phenolic OH excluding ortho intramolecular Hbond substituents is 2. The van der Waals surface area contributed by atoms with Gasteiger partial charge in [0.15, 0.2) is 0 Å². The van der Waals surface area contributed by atoms with Crippen molar-refractivity contribution in [1.82, 2.24) is 0 Å². The maximum absolute atomic E-state index is 12.1. The maximum atomic E-state index is 12.1. The van der Waals surface area contributed by atoms with Gasteiger partial charge in [-0.25, -0.2) is 13.6 Å². The van der Waals surface area contributed by atoms with Gasteiger partial charge in [0.25, 0.3) is 0 Å². The summed E-state index contributed by atoms with van der Waals surface area (Å²) in [6, 6.07) is 24.3. The predicted octanol–water partition coefficient (Wildman–Crippen LogP) is 5.39. The normalized spacial score (nSPS) is 11.7. The van der Waals surface area contributed by atoms with Crippen molar-refractivity contribution in [3.05, 3.63) is 84.9 Å². The molecular formula is C27H21NO5S. The minimum absolute atomic E-state index is 0.0392. The predicted molar refractivity (Wildman–Crippen MR) is 134 cm³/mol. The molecule has 5 aromatic carbocycles. The van der Waals surface area contributed by atoms with Gasteiger partial charge in [0.05, 0.1) is 12.0 Å². The van der Waals surface area contributed by atoms with Gasteiger partial charge in [0.2, 0.25) is 10.0 Å². The van der Waals surface area contributed by atoms with Gasteiger partial charge in [-0.05, 0) is 63.7 Å². The van der Waals surface area contributed by atoms with E-state index in [1.165, 1.54) is 19.2 Å². The van der Waals surface area contributed by atoms with Crippen LogP contribution < -0.4 is 9.88 Å². The fraction of sp³-hybridized carbons (Fsp3) is 0.0370. The van der Waals surface area contributed by atoms with Gasteiger partial charge in [-0.15, -0.1) is 0 Å². The fourth-order valence-electron chi connectivity index (χ4n) is 4.37. The number of sulfonamides is 1. The molecule has 0 aromatic heterocycles. The first-order valence-corrected chi connectivity index (χ1v) is 12.0. The lowest BCUT2D eigenvalue weighted by Gasteiger charge is -2.17. The van der Waals surface area contributed by atoms with Crippen molar-refractivity contribution >= 4 is 31.6 Å². The molecule has 0 spiro atoms. The Bertz CT molecular complexity index is 1690. The first-order chi connectivity index (χ1) is 16.3. The number of fused-ring (bicyclic) bond motifs is 2. The summed E-state index contributed by atoms with van der Waals surface area (Å²) in [5, 5.41) is 29.6. The van der Waals surface area contributed by atoms with E-state index < -0.39 is 10.0 Å². The van der Waals surface area contributed by atoms with Crippen LogP contribution in [-0.4, -0.2) is 25.7 Å². The summed E-state index contributed by atoms with van der Waals surface area (Å²) in [6.45, 7) is 0. The number of hydrogen-bond donors (Lipinski definition) is 3. The van der Waals surface area contributed by atoms with Crippen molar-refractivity contribution < 1.29 is 23.4 Å². The van der Waals surface area contributed by atoms with Crippen LogP contribution in [0.4, 0.5) is 0 Å². The highest BCUT2D eigenvalue weighted by Crippen LogP contribution is 2.46. The van der Waals surface area contributed by atoms with Crippen LogP contribution in [0.25, 0.3) is 43.8 Å². The summed E-state index contributed by atoms with van der Waals surface area (Å²) in [6.07, 6.45) is 0. The van der Waals surface area contributed by atoms with Gasteiger partial charge in [0.1, 0.15) is 17.2 Å². The van der Waals surface area contributed by atoms with E-state index in [1.807, 2.05) is 48.5 Å². The zero-order valence-electron chi connectivity index (χ0n) is 18.2. The topological polar surface area (TPSA) is 110 Å². The molecule has 0 heterocycles. The molecule has 5 rings (SSSR count). The number of methoxy groups -OCH3 is 1. The van der Waals surface area contributed by atoms with E-state index in [-0.39, 0.29) is 16.4 Å². The molecule has 0 aliphatic heterocycles. The Morgan fingerprint density at radius 2 is 1.47 bits per heavy atom. The third-order valence-corrected chi connectivity index (χ3v) is 6.87. The Morgan fingerprint density at radius 3 is 2.21 bits per heavy atom. The Labute approximate surface area is 196 Å². The van der Waals surface area contributed by atoms with Crippen molar-refractivity contribution in [1.29, 1.82) is 0 Å². The van der Waals surface area contributed by atoms with E-state index in [0.717, 1.165) is 21.7 Å². The standard InChI is InChI=1S/C27H21NO5S/c1-33-26-12-10-18(34(28,31)32)14-24(26)23-15-25(27(30)22-7-3-2-6-21(22)23)20-8-4-5-16-13-17(29)9-11-19(16)20/h2-15,29-30H,1H3,(H2,28,31,32). The van der Waals surface area contributed by atoms with E-state index in [1.54, 1.807) is 24.3 Å². The Morgan fingerprint density at radius 1 is 0.706 bits per heavy atom. The minimum Gasteiger partial charge on any atom is -0.508 e. The van der Waals surface area contributed by atoms with Crippen molar-refractivity contribution in [3.8, 4) is 39.5 Å². The van der Waals surface area contributed by atoms with E-state index in [2.05, 4.69) is 0 Å². The zero-order chi connectivity index (χ0) is 24.0. The molecule has 0 unspecified atom stereocenters. The largest absolute Gasteiger partial charge is 0.508 e. The highest BCUT2D eigenvalue weighted by atomic mass is 32.2. The lowest BCUT2D eigenvalue weighted by Crippen LogP contribution is -2.12. The number of hydrogen-bond acceptors (Lipinski definition) is 5. The SMILES string of the molecule is COc1ccc(S(N)(=O)=O)cc1-c1cc(-c2cccc3cc(O)ccc23)c(O)c2ccccc12. The van der Waals surface area contributed by atoms with Crippen LogP contribution in [0.2, 0.25) is 0 Å². The molecule has 4 N–H and O–H groups in total. The smallest absolute Gasteiger partial charge is 0.238 e. The van der Waals surface area contributed by atoms with Gasteiger partial charge in [-0.1, -0.05) is 48.5 Å². The van der Waals surface area contributed by atoms with Crippen LogP contribution in [0.3, 0.4) is 0 Å². The number of phenols is 2. The zero-order valence-corrected chi connectivity index (χ0v) is 19.0. The summed E-state index contributed by atoms with van der Waals surface area (Å²) >= 11 is 0. The summed E-state index contributed by atoms with van der Waals surface area (Å²) in [5.74, 6) is 0.719. The molecule has 170 valence electrons. The summed E-state index contributed by atoms with van der Waals surface area (Å²) in [5.41, 5.74) is 2.54. The van der Waals surface area contributed by atoms with E-state index in [0.29, 0.717) is 27.8 Å². The van der Waals surface area contributed by atoms with E-state index in [9.17, 15) is 18.6 Å². The van der Waals surface area contributed by atoms with Crippen molar-refractivity contribution in [2.24, 2.45) is 5.14 Å². The van der Waals surface area contributed by atoms with Gasteiger partial charge >= 0.3 is 0 Å². The highest BCUT2D eigenvalue weighted by molar-refractivity contribution is 7.89. The lowest BCUT2D eigenvalue weighted by atomic mass is 9.90. The van der Waals surface area contributed by atoms with Crippen molar-refractivity contribution in [2.75, 3.05) is 7.11 Å². The Hall–Kier alpha value is -4.07. The molecule has 0 fully saturated rings. The second kappa shape index (κ2) is 8.06. The number of nitrogens with two attached hydrogens (primary N) is 1. The molecule has 0 radical (unpaired) electrons. The average Bonchev–Trinajstić information content (AvgIpc) is 2.83. The molecule has 0 saturated carbocycles. The maximum Gasteiger partial charge on any atom is 0.238 e. The van der Waals surface area contributed by atoms with Crippen LogP contribution in [0.1, 0.15) is 0 Å². The molecule has 6 nitrogen and oxygen atoms in total. The quantitative estimate of drug-likeness (QED) is 0.325. The highest BCUT2D eigenvalue weighted by Gasteiger charge is 2.20. The second-order valence-electron chi connectivity index (χ2n) is 7.98. The molecule has 0 amide bonds. The average molecular weight is 472 g/mol. The first-order valence-electron chi connectivity index (χ1n) is 10.5. The molecule has 0 saturated heterocycles.